The zero-order chi connectivity index (χ0) is 11.1. The Morgan fingerprint density at radius 1 is 1.40 bits per heavy atom. The number of esters is 1. The lowest BCUT2D eigenvalue weighted by Gasteiger charge is -2.31. The molecule has 0 aromatic rings. The molecule has 2 nitrogen and oxygen atoms in total. The summed E-state index contributed by atoms with van der Waals surface area (Å²) in [5.74, 6) is -0.0669. The molecule has 1 aliphatic carbocycles. The summed E-state index contributed by atoms with van der Waals surface area (Å²) in [6.45, 7) is 5.96. The quantitative estimate of drug-likeness (QED) is 0.523. The molecule has 84 valence electrons. The van der Waals surface area contributed by atoms with Crippen LogP contribution in [0.15, 0.2) is 24.8 Å². The standard InChI is InChI=1S/C13H20O2/c1-3-5-9-13(12(14)15-4-2)10-7-6-8-11-13/h3,5,9H,1,4,6-8,10-11H2,2H3/b9-5+. The van der Waals surface area contributed by atoms with Crippen molar-refractivity contribution in [1.82, 2.24) is 0 Å². The highest BCUT2D eigenvalue weighted by molar-refractivity contribution is 5.79. The van der Waals surface area contributed by atoms with E-state index < -0.39 is 0 Å². The van der Waals surface area contributed by atoms with E-state index in [9.17, 15) is 4.79 Å². The van der Waals surface area contributed by atoms with Gasteiger partial charge in [-0.15, -0.1) is 0 Å². The van der Waals surface area contributed by atoms with Crippen molar-refractivity contribution in [2.75, 3.05) is 6.61 Å². The van der Waals surface area contributed by atoms with Crippen molar-refractivity contribution >= 4 is 5.97 Å². The largest absolute Gasteiger partial charge is 0.465 e. The number of carbonyl (C=O) groups is 1. The van der Waals surface area contributed by atoms with Crippen LogP contribution in [-0.4, -0.2) is 12.6 Å². The van der Waals surface area contributed by atoms with E-state index in [1.54, 1.807) is 6.08 Å². The Kier molecular flexibility index (Phi) is 4.60. The molecule has 0 heterocycles. The number of rotatable bonds is 4. The van der Waals surface area contributed by atoms with E-state index in [0.29, 0.717) is 6.61 Å². The minimum Gasteiger partial charge on any atom is -0.465 e. The van der Waals surface area contributed by atoms with Gasteiger partial charge < -0.3 is 4.74 Å². The fraction of sp³-hybridized carbons (Fsp3) is 0.615. The maximum absolute atomic E-state index is 11.9. The van der Waals surface area contributed by atoms with Gasteiger partial charge in [-0.3, -0.25) is 4.79 Å². The van der Waals surface area contributed by atoms with Crippen LogP contribution in [0.5, 0.6) is 0 Å². The Morgan fingerprint density at radius 3 is 2.60 bits per heavy atom. The van der Waals surface area contributed by atoms with Gasteiger partial charge in [0.15, 0.2) is 0 Å². The lowest BCUT2D eigenvalue weighted by molar-refractivity contribution is -0.154. The Hall–Kier alpha value is -1.05. The Bertz CT molecular complexity index is 247. The zero-order valence-corrected chi connectivity index (χ0v) is 9.50. The second kappa shape index (κ2) is 5.74. The predicted octanol–water partition coefficient (Wildman–Crippen LogP) is 3.24. The Balaban J connectivity index is 2.78. The van der Waals surface area contributed by atoms with Crippen molar-refractivity contribution in [3.8, 4) is 0 Å². The summed E-state index contributed by atoms with van der Waals surface area (Å²) in [7, 11) is 0. The van der Waals surface area contributed by atoms with Gasteiger partial charge in [-0.05, 0) is 19.8 Å². The van der Waals surface area contributed by atoms with Crippen LogP contribution in [0.1, 0.15) is 39.0 Å². The summed E-state index contributed by atoms with van der Waals surface area (Å²) in [4.78, 5) is 11.9. The van der Waals surface area contributed by atoms with Crippen LogP contribution in [0.3, 0.4) is 0 Å². The van der Waals surface area contributed by atoms with Crippen LogP contribution in [0.4, 0.5) is 0 Å². The predicted molar refractivity (Wildman–Crippen MR) is 61.5 cm³/mol. The molecule has 0 spiro atoms. The molecule has 0 saturated heterocycles. The molecule has 0 unspecified atom stereocenters. The molecule has 1 saturated carbocycles. The number of hydrogen-bond donors (Lipinski definition) is 0. The van der Waals surface area contributed by atoms with Crippen LogP contribution in [0.25, 0.3) is 0 Å². The number of allylic oxidation sites excluding steroid dienone is 2. The summed E-state index contributed by atoms with van der Waals surface area (Å²) in [5, 5.41) is 0. The molecule has 15 heavy (non-hydrogen) atoms. The molecule has 1 fully saturated rings. The van der Waals surface area contributed by atoms with Crippen LogP contribution < -0.4 is 0 Å². The second-order valence-electron chi connectivity index (χ2n) is 4.03. The van der Waals surface area contributed by atoms with Crippen molar-refractivity contribution < 1.29 is 9.53 Å². The number of carbonyl (C=O) groups excluding carboxylic acids is 1. The van der Waals surface area contributed by atoms with E-state index in [0.717, 1.165) is 25.7 Å². The van der Waals surface area contributed by atoms with Crippen molar-refractivity contribution in [1.29, 1.82) is 0 Å². The molecular weight excluding hydrogens is 188 g/mol. The minimum atomic E-state index is -0.373. The molecule has 1 rings (SSSR count). The maximum Gasteiger partial charge on any atom is 0.315 e. The Morgan fingerprint density at radius 2 is 2.07 bits per heavy atom. The van der Waals surface area contributed by atoms with Gasteiger partial charge in [0.25, 0.3) is 0 Å². The molecule has 0 aromatic carbocycles. The smallest absolute Gasteiger partial charge is 0.315 e. The van der Waals surface area contributed by atoms with Crippen LogP contribution in [-0.2, 0) is 9.53 Å². The monoisotopic (exact) mass is 208 g/mol. The SMILES string of the molecule is C=C/C=C/C1(C(=O)OCC)CCCCC1. The first-order chi connectivity index (χ1) is 7.25. The van der Waals surface area contributed by atoms with Gasteiger partial charge in [0.05, 0.1) is 12.0 Å². The van der Waals surface area contributed by atoms with Gasteiger partial charge in [-0.25, -0.2) is 0 Å². The normalized spacial score (nSPS) is 20.1. The van der Waals surface area contributed by atoms with E-state index in [1.807, 2.05) is 19.1 Å². The summed E-state index contributed by atoms with van der Waals surface area (Å²) in [5.41, 5.74) is -0.373. The van der Waals surface area contributed by atoms with Crippen molar-refractivity contribution in [2.24, 2.45) is 5.41 Å². The van der Waals surface area contributed by atoms with Gasteiger partial charge in [0, 0.05) is 0 Å². The summed E-state index contributed by atoms with van der Waals surface area (Å²) >= 11 is 0. The fourth-order valence-corrected chi connectivity index (χ4v) is 2.15. The van der Waals surface area contributed by atoms with Crippen molar-refractivity contribution in [2.45, 2.75) is 39.0 Å². The van der Waals surface area contributed by atoms with E-state index in [2.05, 4.69) is 6.58 Å². The third kappa shape index (κ3) is 2.95. The molecule has 0 amide bonds. The van der Waals surface area contributed by atoms with E-state index in [4.69, 9.17) is 4.74 Å². The average molecular weight is 208 g/mol. The summed E-state index contributed by atoms with van der Waals surface area (Å²) in [6, 6.07) is 0. The summed E-state index contributed by atoms with van der Waals surface area (Å²) < 4.78 is 5.16. The summed E-state index contributed by atoms with van der Waals surface area (Å²) in [6.07, 6.45) is 10.8. The van der Waals surface area contributed by atoms with E-state index in [-0.39, 0.29) is 11.4 Å². The topological polar surface area (TPSA) is 26.3 Å². The fourth-order valence-electron chi connectivity index (χ4n) is 2.15. The molecule has 0 bridgehead atoms. The number of hydrogen-bond acceptors (Lipinski definition) is 2. The molecule has 0 atom stereocenters. The third-order valence-corrected chi connectivity index (χ3v) is 2.98. The first-order valence-electron chi connectivity index (χ1n) is 5.72. The zero-order valence-electron chi connectivity index (χ0n) is 9.50. The second-order valence-corrected chi connectivity index (χ2v) is 4.03. The lowest BCUT2D eigenvalue weighted by atomic mass is 9.74. The highest BCUT2D eigenvalue weighted by Gasteiger charge is 2.38. The van der Waals surface area contributed by atoms with Gasteiger partial charge in [0.1, 0.15) is 0 Å². The highest BCUT2D eigenvalue weighted by atomic mass is 16.5. The van der Waals surface area contributed by atoms with Crippen molar-refractivity contribution in [3.63, 3.8) is 0 Å². The first kappa shape index (κ1) is 12.0. The molecule has 0 radical (unpaired) electrons. The minimum absolute atomic E-state index is 0.0669. The van der Waals surface area contributed by atoms with Gasteiger partial charge >= 0.3 is 5.97 Å². The highest BCUT2D eigenvalue weighted by Crippen LogP contribution is 2.38. The molecule has 0 aliphatic heterocycles. The lowest BCUT2D eigenvalue weighted by Crippen LogP contribution is -2.33. The number of ether oxygens (including phenoxy) is 1. The Labute approximate surface area is 92.0 Å². The van der Waals surface area contributed by atoms with Crippen LogP contribution in [0.2, 0.25) is 0 Å². The third-order valence-electron chi connectivity index (χ3n) is 2.98. The molecule has 0 aromatic heterocycles. The van der Waals surface area contributed by atoms with Gasteiger partial charge in [-0.1, -0.05) is 44.1 Å². The first-order valence-corrected chi connectivity index (χ1v) is 5.72. The molecule has 0 N–H and O–H groups in total. The van der Waals surface area contributed by atoms with Gasteiger partial charge in [-0.2, -0.15) is 0 Å². The van der Waals surface area contributed by atoms with Crippen molar-refractivity contribution in [3.05, 3.63) is 24.8 Å². The van der Waals surface area contributed by atoms with Crippen LogP contribution in [0, 0.1) is 5.41 Å². The van der Waals surface area contributed by atoms with E-state index in [1.165, 1.54) is 6.42 Å². The average Bonchev–Trinajstić information content (AvgIpc) is 2.28. The maximum atomic E-state index is 11.9. The molecule has 2 heteroatoms. The molecular formula is C13H20O2. The van der Waals surface area contributed by atoms with Gasteiger partial charge in [0.2, 0.25) is 0 Å². The van der Waals surface area contributed by atoms with Crippen LogP contribution >= 0.6 is 0 Å². The van der Waals surface area contributed by atoms with E-state index >= 15 is 0 Å². The molecule has 1 aliphatic rings.